The lowest BCUT2D eigenvalue weighted by Gasteiger charge is -2.30. The summed E-state index contributed by atoms with van der Waals surface area (Å²) in [6, 6.07) is 0.304. The fourth-order valence-electron chi connectivity index (χ4n) is 2.92. The first-order valence-corrected chi connectivity index (χ1v) is 7.61. The fraction of sp³-hybridized carbons (Fsp3) is 0.933. The van der Waals surface area contributed by atoms with E-state index in [1.54, 1.807) is 0 Å². The van der Waals surface area contributed by atoms with Crippen molar-refractivity contribution in [3.63, 3.8) is 0 Å². The second-order valence-corrected chi connectivity index (χ2v) is 5.90. The summed E-state index contributed by atoms with van der Waals surface area (Å²) in [5, 5.41) is 3.12. The van der Waals surface area contributed by atoms with Gasteiger partial charge in [0.25, 0.3) is 0 Å². The molecule has 0 aromatic carbocycles. The van der Waals surface area contributed by atoms with Gasteiger partial charge in [0.2, 0.25) is 5.91 Å². The number of carbonyl (C=O) groups is 1. The van der Waals surface area contributed by atoms with Gasteiger partial charge in [0.1, 0.15) is 0 Å². The van der Waals surface area contributed by atoms with Crippen LogP contribution in [0, 0.1) is 17.8 Å². The van der Waals surface area contributed by atoms with E-state index in [0.29, 0.717) is 17.9 Å². The largest absolute Gasteiger partial charge is 0.356 e. The van der Waals surface area contributed by atoms with Crippen molar-refractivity contribution >= 4 is 5.91 Å². The Balaban J connectivity index is 2.36. The van der Waals surface area contributed by atoms with Gasteiger partial charge in [0, 0.05) is 18.5 Å². The molecule has 1 aliphatic carbocycles. The topological polar surface area (TPSA) is 55.1 Å². The first-order valence-electron chi connectivity index (χ1n) is 7.61. The average molecular weight is 254 g/mol. The monoisotopic (exact) mass is 254 g/mol. The molecule has 0 aliphatic heterocycles. The highest BCUT2D eigenvalue weighted by molar-refractivity contribution is 5.78. The minimum Gasteiger partial charge on any atom is -0.356 e. The second kappa shape index (κ2) is 7.78. The SMILES string of the molecule is CCC(CC)CNC(=O)C(C)C1CCCC(N)C1. The van der Waals surface area contributed by atoms with Crippen LogP contribution in [0.15, 0.2) is 0 Å². The summed E-state index contributed by atoms with van der Waals surface area (Å²) in [5.74, 6) is 1.44. The van der Waals surface area contributed by atoms with Gasteiger partial charge in [-0.15, -0.1) is 0 Å². The van der Waals surface area contributed by atoms with Crippen molar-refractivity contribution in [1.29, 1.82) is 0 Å². The number of nitrogens with two attached hydrogens (primary N) is 1. The van der Waals surface area contributed by atoms with Crippen LogP contribution in [-0.2, 0) is 4.79 Å². The van der Waals surface area contributed by atoms with Crippen molar-refractivity contribution in [2.75, 3.05) is 6.54 Å². The molecule has 3 nitrogen and oxygen atoms in total. The maximum atomic E-state index is 12.1. The van der Waals surface area contributed by atoms with Crippen LogP contribution in [0.4, 0.5) is 0 Å². The summed E-state index contributed by atoms with van der Waals surface area (Å²) in [5.41, 5.74) is 6.00. The Bertz CT molecular complexity index is 251. The van der Waals surface area contributed by atoms with Gasteiger partial charge in [-0.25, -0.2) is 0 Å². The average Bonchev–Trinajstić information content (AvgIpc) is 2.38. The lowest BCUT2D eigenvalue weighted by Crippen LogP contribution is -2.39. The molecule has 3 heteroatoms. The summed E-state index contributed by atoms with van der Waals surface area (Å²) in [4.78, 5) is 12.1. The minimum atomic E-state index is 0.116. The molecule has 0 saturated heterocycles. The molecule has 0 heterocycles. The van der Waals surface area contributed by atoms with E-state index in [1.807, 2.05) is 0 Å². The van der Waals surface area contributed by atoms with Crippen LogP contribution in [0.5, 0.6) is 0 Å². The van der Waals surface area contributed by atoms with Gasteiger partial charge >= 0.3 is 0 Å². The van der Waals surface area contributed by atoms with Crippen LogP contribution in [0.3, 0.4) is 0 Å². The van der Waals surface area contributed by atoms with Crippen LogP contribution in [0.1, 0.15) is 59.3 Å². The maximum Gasteiger partial charge on any atom is 0.223 e. The third-order valence-corrected chi connectivity index (χ3v) is 4.60. The molecule has 1 saturated carbocycles. The van der Waals surface area contributed by atoms with Crippen molar-refractivity contribution in [3.8, 4) is 0 Å². The van der Waals surface area contributed by atoms with Crippen molar-refractivity contribution in [3.05, 3.63) is 0 Å². The van der Waals surface area contributed by atoms with Crippen LogP contribution in [-0.4, -0.2) is 18.5 Å². The third kappa shape index (κ3) is 4.60. The molecule has 3 N–H and O–H groups in total. The molecule has 0 bridgehead atoms. The second-order valence-electron chi connectivity index (χ2n) is 5.90. The highest BCUT2D eigenvalue weighted by atomic mass is 16.1. The number of carbonyl (C=O) groups excluding carboxylic acids is 1. The highest BCUT2D eigenvalue weighted by Crippen LogP contribution is 2.29. The molecule has 1 rings (SSSR count). The Morgan fingerprint density at radius 3 is 2.56 bits per heavy atom. The van der Waals surface area contributed by atoms with Crippen LogP contribution < -0.4 is 11.1 Å². The van der Waals surface area contributed by atoms with E-state index in [0.717, 1.165) is 38.6 Å². The van der Waals surface area contributed by atoms with Gasteiger partial charge in [-0.3, -0.25) is 4.79 Å². The molecule has 3 atom stereocenters. The first kappa shape index (κ1) is 15.5. The van der Waals surface area contributed by atoms with Gasteiger partial charge in [0.15, 0.2) is 0 Å². The highest BCUT2D eigenvalue weighted by Gasteiger charge is 2.28. The van der Waals surface area contributed by atoms with Crippen LogP contribution >= 0.6 is 0 Å². The minimum absolute atomic E-state index is 0.116. The number of rotatable bonds is 6. The fourth-order valence-corrected chi connectivity index (χ4v) is 2.92. The van der Waals surface area contributed by atoms with Crippen LogP contribution in [0.25, 0.3) is 0 Å². The Morgan fingerprint density at radius 1 is 1.33 bits per heavy atom. The number of amides is 1. The van der Waals surface area contributed by atoms with Gasteiger partial charge in [0.05, 0.1) is 0 Å². The van der Waals surface area contributed by atoms with Crippen LogP contribution in [0.2, 0.25) is 0 Å². The zero-order valence-corrected chi connectivity index (χ0v) is 12.2. The Labute approximate surface area is 112 Å². The van der Waals surface area contributed by atoms with Crippen molar-refractivity contribution in [2.24, 2.45) is 23.5 Å². The summed E-state index contributed by atoms with van der Waals surface area (Å²) >= 11 is 0. The molecule has 18 heavy (non-hydrogen) atoms. The quantitative estimate of drug-likeness (QED) is 0.765. The zero-order chi connectivity index (χ0) is 13.5. The molecule has 1 amide bonds. The van der Waals surface area contributed by atoms with E-state index in [9.17, 15) is 4.79 Å². The van der Waals surface area contributed by atoms with E-state index in [-0.39, 0.29) is 11.8 Å². The standard InChI is InChI=1S/C15H30N2O/c1-4-12(5-2)10-17-15(18)11(3)13-7-6-8-14(16)9-13/h11-14H,4-10,16H2,1-3H3,(H,17,18). The molecule has 0 aromatic heterocycles. The number of hydrogen-bond donors (Lipinski definition) is 2. The third-order valence-electron chi connectivity index (χ3n) is 4.60. The Morgan fingerprint density at radius 2 is 2.00 bits per heavy atom. The van der Waals surface area contributed by atoms with E-state index < -0.39 is 0 Å². The van der Waals surface area contributed by atoms with Crippen molar-refractivity contribution in [2.45, 2.75) is 65.3 Å². The molecule has 0 aromatic rings. The zero-order valence-electron chi connectivity index (χ0n) is 12.2. The molecule has 106 valence electrons. The predicted octanol–water partition coefficient (Wildman–Crippen LogP) is 2.69. The van der Waals surface area contributed by atoms with Gasteiger partial charge in [-0.05, 0) is 31.1 Å². The van der Waals surface area contributed by atoms with Gasteiger partial charge < -0.3 is 11.1 Å². The van der Waals surface area contributed by atoms with E-state index >= 15 is 0 Å². The normalized spacial score (nSPS) is 26.1. The number of hydrogen-bond acceptors (Lipinski definition) is 2. The molecule has 0 spiro atoms. The molecule has 1 aliphatic rings. The van der Waals surface area contributed by atoms with Gasteiger partial charge in [-0.2, -0.15) is 0 Å². The van der Waals surface area contributed by atoms with Crippen molar-refractivity contribution in [1.82, 2.24) is 5.32 Å². The molecular weight excluding hydrogens is 224 g/mol. The lowest BCUT2D eigenvalue weighted by molar-refractivity contribution is -0.126. The van der Waals surface area contributed by atoms with E-state index in [1.165, 1.54) is 6.42 Å². The van der Waals surface area contributed by atoms with E-state index in [4.69, 9.17) is 5.73 Å². The summed E-state index contributed by atoms with van der Waals surface area (Å²) in [6.45, 7) is 7.26. The summed E-state index contributed by atoms with van der Waals surface area (Å²) in [6.07, 6.45) is 6.75. The molecule has 0 radical (unpaired) electrons. The smallest absolute Gasteiger partial charge is 0.223 e. The molecule has 1 fully saturated rings. The predicted molar refractivity (Wildman–Crippen MR) is 76.2 cm³/mol. The summed E-state index contributed by atoms with van der Waals surface area (Å²) < 4.78 is 0. The maximum absolute atomic E-state index is 12.1. The first-order chi connectivity index (χ1) is 8.58. The van der Waals surface area contributed by atoms with Crippen molar-refractivity contribution < 1.29 is 4.79 Å². The van der Waals surface area contributed by atoms with Gasteiger partial charge in [-0.1, -0.05) is 40.0 Å². The Kier molecular flexibility index (Phi) is 6.69. The Hall–Kier alpha value is -0.570. The van der Waals surface area contributed by atoms with E-state index in [2.05, 4.69) is 26.1 Å². The number of nitrogens with one attached hydrogen (secondary N) is 1. The summed E-state index contributed by atoms with van der Waals surface area (Å²) in [7, 11) is 0. The molecular formula is C15H30N2O. The lowest BCUT2D eigenvalue weighted by atomic mass is 9.78. The molecule has 3 unspecified atom stereocenters.